The van der Waals surface area contributed by atoms with E-state index in [4.69, 9.17) is 0 Å². The van der Waals surface area contributed by atoms with Crippen molar-refractivity contribution in [2.75, 3.05) is 6.54 Å². The SMILES string of the molecule is C[C@@H](O)c1ncc2n1[C@@H](C)CN(C(=O)c1c3cc(F)c(F)cc3nn1C)C2. The van der Waals surface area contributed by atoms with E-state index >= 15 is 0 Å². The van der Waals surface area contributed by atoms with Crippen molar-refractivity contribution in [2.24, 2.45) is 7.05 Å². The van der Waals surface area contributed by atoms with Gasteiger partial charge in [0.25, 0.3) is 5.91 Å². The van der Waals surface area contributed by atoms with Crippen LogP contribution in [0.3, 0.4) is 0 Å². The molecule has 9 heteroatoms. The smallest absolute Gasteiger partial charge is 0.273 e. The highest BCUT2D eigenvalue weighted by molar-refractivity contribution is 6.05. The summed E-state index contributed by atoms with van der Waals surface area (Å²) in [5, 5.41) is 14.3. The first-order valence-electron chi connectivity index (χ1n) is 8.63. The Labute approximate surface area is 153 Å². The number of imidazole rings is 1. The van der Waals surface area contributed by atoms with E-state index in [2.05, 4.69) is 10.1 Å². The number of aliphatic hydroxyl groups is 1. The average molecular weight is 375 g/mol. The van der Waals surface area contributed by atoms with Gasteiger partial charge in [-0.2, -0.15) is 5.10 Å². The Morgan fingerprint density at radius 1 is 1.33 bits per heavy atom. The molecule has 0 saturated heterocycles. The van der Waals surface area contributed by atoms with Crippen molar-refractivity contribution in [3.8, 4) is 0 Å². The van der Waals surface area contributed by atoms with Crippen LogP contribution in [0.5, 0.6) is 0 Å². The van der Waals surface area contributed by atoms with Crippen LogP contribution in [0.4, 0.5) is 8.78 Å². The minimum atomic E-state index is -1.02. The van der Waals surface area contributed by atoms with Crippen LogP contribution in [0.15, 0.2) is 18.3 Å². The lowest BCUT2D eigenvalue weighted by atomic mass is 10.1. The molecule has 27 heavy (non-hydrogen) atoms. The molecular formula is C18H19F2N5O2. The predicted octanol–water partition coefficient (Wildman–Crippen LogP) is 2.32. The van der Waals surface area contributed by atoms with Gasteiger partial charge >= 0.3 is 0 Å². The van der Waals surface area contributed by atoms with Crippen LogP contribution < -0.4 is 0 Å². The van der Waals surface area contributed by atoms with Crippen molar-refractivity contribution in [3.63, 3.8) is 0 Å². The third-order valence-electron chi connectivity index (χ3n) is 4.92. The summed E-state index contributed by atoms with van der Waals surface area (Å²) in [6, 6.07) is 1.91. The van der Waals surface area contributed by atoms with Crippen molar-refractivity contribution < 1.29 is 18.7 Å². The van der Waals surface area contributed by atoms with E-state index in [0.29, 0.717) is 18.9 Å². The van der Waals surface area contributed by atoms with Gasteiger partial charge in [-0.3, -0.25) is 9.48 Å². The van der Waals surface area contributed by atoms with Gasteiger partial charge in [0, 0.05) is 25.0 Å². The van der Waals surface area contributed by atoms with Crippen molar-refractivity contribution in [2.45, 2.75) is 32.5 Å². The number of hydrogen-bond acceptors (Lipinski definition) is 4. The van der Waals surface area contributed by atoms with E-state index in [1.54, 1.807) is 25.1 Å². The van der Waals surface area contributed by atoms with Crippen molar-refractivity contribution >= 4 is 16.8 Å². The number of halogens is 2. The second kappa shape index (κ2) is 6.12. The summed E-state index contributed by atoms with van der Waals surface area (Å²) < 4.78 is 30.5. The van der Waals surface area contributed by atoms with Gasteiger partial charge in [0.15, 0.2) is 11.6 Å². The molecule has 0 bridgehead atoms. The first kappa shape index (κ1) is 17.6. The van der Waals surface area contributed by atoms with Crippen molar-refractivity contribution in [1.82, 2.24) is 24.2 Å². The fourth-order valence-corrected chi connectivity index (χ4v) is 3.76. The first-order valence-corrected chi connectivity index (χ1v) is 8.63. The molecule has 1 amide bonds. The van der Waals surface area contributed by atoms with Gasteiger partial charge < -0.3 is 14.6 Å². The predicted molar refractivity (Wildman–Crippen MR) is 92.9 cm³/mol. The van der Waals surface area contributed by atoms with Gasteiger partial charge in [-0.05, 0) is 19.9 Å². The maximum Gasteiger partial charge on any atom is 0.273 e. The molecule has 3 heterocycles. The molecule has 1 N–H and O–H groups in total. The van der Waals surface area contributed by atoms with Gasteiger partial charge in [-0.1, -0.05) is 0 Å². The molecule has 142 valence electrons. The van der Waals surface area contributed by atoms with Crippen molar-refractivity contribution in [1.29, 1.82) is 0 Å². The third-order valence-corrected chi connectivity index (χ3v) is 4.92. The number of amides is 1. The standard InChI is InChI=1S/C18H19F2N5O2/c1-9-7-24(8-11-6-21-17(10(2)26)25(9)11)18(27)16-12-4-13(19)14(20)5-15(12)22-23(16)3/h4-6,9-10,26H,7-8H2,1-3H3/t9-,10+/m0/s1. The largest absolute Gasteiger partial charge is 0.385 e. The molecule has 0 saturated carbocycles. The number of carbonyl (C=O) groups is 1. The second-order valence-corrected chi connectivity index (χ2v) is 6.94. The molecule has 2 aromatic heterocycles. The topological polar surface area (TPSA) is 76.2 Å². The Morgan fingerprint density at radius 3 is 2.74 bits per heavy atom. The number of rotatable bonds is 2. The maximum absolute atomic E-state index is 13.7. The van der Waals surface area contributed by atoms with Gasteiger partial charge in [0.2, 0.25) is 0 Å². The van der Waals surface area contributed by atoms with E-state index < -0.39 is 17.7 Å². The molecule has 0 unspecified atom stereocenters. The highest BCUT2D eigenvalue weighted by Gasteiger charge is 2.31. The van der Waals surface area contributed by atoms with Gasteiger partial charge in [-0.15, -0.1) is 0 Å². The van der Waals surface area contributed by atoms with Crippen LogP contribution in [-0.4, -0.2) is 41.8 Å². The molecule has 0 aliphatic carbocycles. The molecule has 1 aliphatic heterocycles. The van der Waals surface area contributed by atoms with Crippen LogP contribution in [0.25, 0.3) is 10.9 Å². The Bertz CT molecular complexity index is 1060. The number of benzene rings is 1. The summed E-state index contributed by atoms with van der Waals surface area (Å²) >= 11 is 0. The number of aliphatic hydroxyl groups excluding tert-OH is 1. The van der Waals surface area contributed by atoms with E-state index in [1.165, 1.54) is 4.68 Å². The Balaban J connectivity index is 1.73. The Morgan fingerprint density at radius 2 is 2.04 bits per heavy atom. The minimum absolute atomic E-state index is 0.0847. The van der Waals surface area contributed by atoms with Crippen LogP contribution in [0.1, 0.15) is 48.0 Å². The Hall–Kier alpha value is -2.81. The highest BCUT2D eigenvalue weighted by Crippen LogP contribution is 2.29. The maximum atomic E-state index is 13.7. The molecule has 2 atom stereocenters. The molecule has 3 aromatic rings. The quantitative estimate of drug-likeness (QED) is 0.746. The third kappa shape index (κ3) is 2.69. The summed E-state index contributed by atoms with van der Waals surface area (Å²) in [4.78, 5) is 19.0. The highest BCUT2D eigenvalue weighted by atomic mass is 19.2. The minimum Gasteiger partial charge on any atom is -0.385 e. The van der Waals surface area contributed by atoms with Crippen LogP contribution in [0, 0.1) is 11.6 Å². The molecule has 7 nitrogen and oxygen atoms in total. The van der Waals surface area contributed by atoms with Crippen molar-refractivity contribution in [3.05, 3.63) is 47.2 Å². The fourth-order valence-electron chi connectivity index (χ4n) is 3.76. The monoisotopic (exact) mass is 375 g/mol. The zero-order valence-electron chi connectivity index (χ0n) is 15.1. The summed E-state index contributed by atoms with van der Waals surface area (Å²) in [5.41, 5.74) is 1.24. The summed E-state index contributed by atoms with van der Waals surface area (Å²) in [6.07, 6.45) is 0.941. The molecule has 1 aromatic carbocycles. The molecule has 0 radical (unpaired) electrons. The zero-order valence-corrected chi connectivity index (χ0v) is 15.1. The second-order valence-electron chi connectivity index (χ2n) is 6.94. The van der Waals surface area contributed by atoms with Gasteiger partial charge in [0.05, 0.1) is 30.0 Å². The lowest BCUT2D eigenvalue weighted by molar-refractivity contribution is 0.0669. The van der Waals surface area contributed by atoms with E-state index in [1.807, 2.05) is 11.5 Å². The number of aryl methyl sites for hydroxylation is 1. The molecule has 1 aliphatic rings. The molecule has 0 spiro atoms. The lowest BCUT2D eigenvalue weighted by Crippen LogP contribution is -2.41. The van der Waals surface area contributed by atoms with E-state index in [-0.39, 0.29) is 28.5 Å². The first-order chi connectivity index (χ1) is 12.8. The average Bonchev–Trinajstić information content (AvgIpc) is 3.16. The van der Waals surface area contributed by atoms with E-state index in [9.17, 15) is 18.7 Å². The molecular weight excluding hydrogens is 356 g/mol. The lowest BCUT2D eigenvalue weighted by Gasteiger charge is -2.34. The summed E-state index contributed by atoms with van der Waals surface area (Å²) in [5.74, 6) is -1.77. The van der Waals surface area contributed by atoms with Gasteiger partial charge in [0.1, 0.15) is 17.6 Å². The van der Waals surface area contributed by atoms with Crippen LogP contribution in [0.2, 0.25) is 0 Å². The number of carbonyl (C=O) groups excluding carboxylic acids is 1. The normalized spacial score (nSPS) is 18.0. The fraction of sp³-hybridized carbons (Fsp3) is 0.389. The number of nitrogens with zero attached hydrogens (tertiary/aromatic N) is 5. The number of fused-ring (bicyclic) bond motifs is 2. The van der Waals surface area contributed by atoms with Crippen LogP contribution >= 0.6 is 0 Å². The zero-order chi connectivity index (χ0) is 19.5. The summed E-state index contributed by atoms with van der Waals surface area (Å²) in [6.45, 7) is 4.29. The van der Waals surface area contributed by atoms with Gasteiger partial charge in [-0.25, -0.2) is 13.8 Å². The summed E-state index contributed by atoms with van der Waals surface area (Å²) in [7, 11) is 1.58. The molecule has 0 fully saturated rings. The molecule has 4 rings (SSSR count). The number of hydrogen-bond donors (Lipinski definition) is 1. The van der Waals surface area contributed by atoms with E-state index in [0.717, 1.165) is 17.8 Å². The Kier molecular flexibility index (Phi) is 3.99. The van der Waals surface area contributed by atoms with Crippen LogP contribution in [-0.2, 0) is 13.6 Å². The number of aromatic nitrogens is 4.